The van der Waals surface area contributed by atoms with E-state index in [1.807, 2.05) is 23.5 Å². The minimum Gasteiger partial charge on any atom is -0.135 e. The highest BCUT2D eigenvalue weighted by atomic mass is 32.1. The lowest BCUT2D eigenvalue weighted by Gasteiger charge is -2.23. The quantitative estimate of drug-likeness (QED) is 0.348. The zero-order valence-corrected chi connectivity index (χ0v) is 15.9. The Balaban J connectivity index is 1.98. The average molecular weight is 353 g/mol. The summed E-state index contributed by atoms with van der Waals surface area (Å²) in [4.78, 5) is 0. The Hall–Kier alpha value is -2.64. The maximum absolute atomic E-state index is 4.11. The Morgan fingerprint density at radius 1 is 0.846 bits per heavy atom. The molecule has 126 valence electrons. The van der Waals surface area contributed by atoms with Crippen LogP contribution in [0.4, 0.5) is 0 Å². The molecule has 26 heavy (non-hydrogen) atoms. The molecule has 0 atom stereocenters. The summed E-state index contributed by atoms with van der Waals surface area (Å²) in [6, 6.07) is 18.0. The third-order valence-electron chi connectivity index (χ3n) is 5.83. The normalized spacial score (nSPS) is 15.8. The van der Waals surface area contributed by atoms with Crippen LogP contribution in [-0.2, 0) is 5.41 Å². The standard InChI is InChI=1S/C25H20S/c1-5-16-20(6-2)25(3,4)21-12-11-15-13-23-19(14-18(15)24(16)21)17-9-7-8-10-22(17)26-23/h5-14H,1-2H2,3-4H3. The van der Waals surface area contributed by atoms with E-state index in [1.165, 1.54) is 53.2 Å². The third kappa shape index (κ3) is 1.84. The summed E-state index contributed by atoms with van der Waals surface area (Å²) in [6.45, 7) is 12.8. The number of allylic oxidation sites excluding steroid dienone is 4. The summed E-state index contributed by atoms with van der Waals surface area (Å²) in [5.41, 5.74) is 5.15. The van der Waals surface area contributed by atoms with Crippen LogP contribution in [0.15, 0.2) is 79.4 Å². The first kappa shape index (κ1) is 15.6. The number of thiophene rings is 1. The Morgan fingerprint density at radius 3 is 2.42 bits per heavy atom. The molecule has 0 aliphatic heterocycles. The molecular weight excluding hydrogens is 332 g/mol. The highest BCUT2D eigenvalue weighted by Crippen LogP contribution is 2.50. The number of hydrogen-bond donors (Lipinski definition) is 0. The molecule has 0 amide bonds. The number of fused-ring (bicyclic) bond motifs is 6. The minimum absolute atomic E-state index is 0.0412. The van der Waals surface area contributed by atoms with Crippen LogP contribution < -0.4 is 0 Å². The van der Waals surface area contributed by atoms with Gasteiger partial charge in [0, 0.05) is 25.6 Å². The van der Waals surface area contributed by atoms with Gasteiger partial charge in [-0.2, -0.15) is 0 Å². The summed E-state index contributed by atoms with van der Waals surface area (Å²) in [7, 11) is 0. The second-order valence-corrected chi connectivity index (χ2v) is 8.60. The van der Waals surface area contributed by atoms with Gasteiger partial charge < -0.3 is 0 Å². The van der Waals surface area contributed by atoms with Gasteiger partial charge in [0.15, 0.2) is 0 Å². The maximum Gasteiger partial charge on any atom is 0.0361 e. The fraction of sp³-hybridized carbons (Fsp3) is 0.120. The summed E-state index contributed by atoms with van der Waals surface area (Å²) >= 11 is 1.87. The molecule has 4 aromatic rings. The third-order valence-corrected chi connectivity index (χ3v) is 6.97. The molecule has 0 bridgehead atoms. The fourth-order valence-electron chi connectivity index (χ4n) is 4.55. The first-order chi connectivity index (χ1) is 12.6. The van der Waals surface area contributed by atoms with Gasteiger partial charge in [0.25, 0.3) is 0 Å². The smallest absolute Gasteiger partial charge is 0.0361 e. The van der Waals surface area contributed by atoms with Gasteiger partial charge in [-0.1, -0.05) is 69.5 Å². The topological polar surface area (TPSA) is 0 Å². The SMILES string of the molecule is C=CC1=C(C=C)C(C)(C)c2ccc3cc4sc5ccccc5c4cc3c21. The van der Waals surface area contributed by atoms with Crippen LogP contribution in [0.25, 0.3) is 36.5 Å². The van der Waals surface area contributed by atoms with E-state index in [9.17, 15) is 0 Å². The predicted molar refractivity (Wildman–Crippen MR) is 117 cm³/mol. The van der Waals surface area contributed by atoms with Gasteiger partial charge in [-0.25, -0.2) is 0 Å². The minimum atomic E-state index is -0.0412. The van der Waals surface area contributed by atoms with Crippen LogP contribution in [0.3, 0.4) is 0 Å². The number of benzene rings is 3. The van der Waals surface area contributed by atoms with Crippen molar-refractivity contribution >= 4 is 47.9 Å². The zero-order chi connectivity index (χ0) is 18.1. The van der Waals surface area contributed by atoms with E-state index in [0.29, 0.717) is 0 Å². The van der Waals surface area contributed by atoms with Gasteiger partial charge in [-0.05, 0) is 51.2 Å². The lowest BCUT2D eigenvalue weighted by Crippen LogP contribution is -2.15. The van der Waals surface area contributed by atoms with E-state index >= 15 is 0 Å². The number of rotatable bonds is 2. The highest BCUT2D eigenvalue weighted by molar-refractivity contribution is 7.25. The monoisotopic (exact) mass is 352 g/mol. The van der Waals surface area contributed by atoms with Crippen molar-refractivity contribution in [3.05, 3.63) is 90.5 Å². The van der Waals surface area contributed by atoms with Gasteiger partial charge in [-0.15, -0.1) is 11.3 Å². The van der Waals surface area contributed by atoms with E-state index in [0.717, 1.165) is 0 Å². The summed E-state index contributed by atoms with van der Waals surface area (Å²) in [6.07, 6.45) is 4.00. The first-order valence-electron chi connectivity index (χ1n) is 8.94. The number of hydrogen-bond acceptors (Lipinski definition) is 1. The van der Waals surface area contributed by atoms with Crippen molar-refractivity contribution in [3.63, 3.8) is 0 Å². The Kier molecular flexibility index (Phi) is 3.11. The maximum atomic E-state index is 4.11. The lowest BCUT2D eigenvalue weighted by molar-refractivity contribution is 0.655. The molecule has 0 N–H and O–H groups in total. The predicted octanol–water partition coefficient (Wildman–Crippen LogP) is 7.62. The van der Waals surface area contributed by atoms with Crippen LogP contribution in [0.5, 0.6) is 0 Å². The molecule has 1 heterocycles. The van der Waals surface area contributed by atoms with Crippen LogP contribution in [-0.4, -0.2) is 0 Å². The van der Waals surface area contributed by atoms with Gasteiger partial charge in [0.1, 0.15) is 0 Å². The zero-order valence-electron chi connectivity index (χ0n) is 15.1. The molecule has 0 radical (unpaired) electrons. The van der Waals surface area contributed by atoms with Crippen LogP contribution in [0.1, 0.15) is 25.0 Å². The molecule has 0 saturated heterocycles. The van der Waals surface area contributed by atoms with Gasteiger partial charge in [0.05, 0.1) is 0 Å². The second kappa shape index (κ2) is 5.18. The van der Waals surface area contributed by atoms with E-state index in [1.54, 1.807) is 0 Å². The van der Waals surface area contributed by atoms with Crippen molar-refractivity contribution in [1.29, 1.82) is 0 Å². The molecule has 0 saturated carbocycles. The molecule has 1 heteroatoms. The Bertz CT molecular complexity index is 1280. The lowest BCUT2D eigenvalue weighted by atomic mass is 9.80. The molecule has 0 nitrogen and oxygen atoms in total. The van der Waals surface area contributed by atoms with Crippen molar-refractivity contribution in [2.75, 3.05) is 0 Å². The molecule has 3 aromatic carbocycles. The van der Waals surface area contributed by atoms with E-state index in [-0.39, 0.29) is 5.41 Å². The first-order valence-corrected chi connectivity index (χ1v) is 9.76. The van der Waals surface area contributed by atoms with Crippen molar-refractivity contribution in [2.45, 2.75) is 19.3 Å². The van der Waals surface area contributed by atoms with Crippen LogP contribution >= 0.6 is 11.3 Å². The van der Waals surface area contributed by atoms with E-state index in [2.05, 4.69) is 75.5 Å². The molecule has 1 aromatic heterocycles. The Labute approximate surface area is 157 Å². The molecule has 0 fully saturated rings. The summed E-state index contributed by atoms with van der Waals surface area (Å²) in [5, 5.41) is 5.30. The molecular formula is C25H20S. The van der Waals surface area contributed by atoms with Crippen molar-refractivity contribution in [2.24, 2.45) is 0 Å². The van der Waals surface area contributed by atoms with Crippen molar-refractivity contribution in [1.82, 2.24) is 0 Å². The molecule has 0 spiro atoms. The largest absolute Gasteiger partial charge is 0.135 e. The molecule has 1 aliphatic carbocycles. The van der Waals surface area contributed by atoms with Gasteiger partial charge in [-0.3, -0.25) is 0 Å². The average Bonchev–Trinajstić information content (AvgIpc) is 3.11. The second-order valence-electron chi connectivity index (χ2n) is 7.52. The summed E-state index contributed by atoms with van der Waals surface area (Å²) < 4.78 is 2.70. The van der Waals surface area contributed by atoms with Gasteiger partial charge in [0.2, 0.25) is 0 Å². The van der Waals surface area contributed by atoms with E-state index < -0.39 is 0 Å². The highest BCUT2D eigenvalue weighted by Gasteiger charge is 2.36. The van der Waals surface area contributed by atoms with Crippen molar-refractivity contribution in [3.8, 4) is 0 Å². The molecule has 0 unspecified atom stereocenters. The fourth-order valence-corrected chi connectivity index (χ4v) is 5.68. The van der Waals surface area contributed by atoms with E-state index in [4.69, 9.17) is 0 Å². The van der Waals surface area contributed by atoms with Crippen LogP contribution in [0.2, 0.25) is 0 Å². The molecule has 1 aliphatic rings. The van der Waals surface area contributed by atoms with Crippen LogP contribution in [0, 0.1) is 0 Å². The summed E-state index contributed by atoms with van der Waals surface area (Å²) in [5.74, 6) is 0. The van der Waals surface area contributed by atoms with Crippen molar-refractivity contribution < 1.29 is 0 Å². The van der Waals surface area contributed by atoms with Gasteiger partial charge >= 0.3 is 0 Å². The Morgan fingerprint density at radius 2 is 1.65 bits per heavy atom. The molecule has 5 rings (SSSR count).